The van der Waals surface area contributed by atoms with E-state index in [9.17, 15) is 18.0 Å². The van der Waals surface area contributed by atoms with E-state index in [0.29, 0.717) is 36.4 Å². The van der Waals surface area contributed by atoms with Crippen molar-refractivity contribution in [1.29, 1.82) is 0 Å². The van der Waals surface area contributed by atoms with Gasteiger partial charge in [0.25, 0.3) is 5.91 Å². The second kappa shape index (κ2) is 10.3. The van der Waals surface area contributed by atoms with Gasteiger partial charge in [0.1, 0.15) is 17.0 Å². The maximum absolute atomic E-state index is 13.0. The Kier molecular flexibility index (Phi) is 7.23. The fourth-order valence-corrected chi connectivity index (χ4v) is 3.89. The first-order valence-electron chi connectivity index (χ1n) is 10.8. The van der Waals surface area contributed by atoms with Gasteiger partial charge in [0.15, 0.2) is 5.69 Å². The van der Waals surface area contributed by atoms with E-state index in [-0.39, 0.29) is 23.6 Å². The third kappa shape index (κ3) is 5.60. The molecule has 0 bridgehead atoms. The van der Waals surface area contributed by atoms with Crippen LogP contribution in [0.1, 0.15) is 16.1 Å². The summed E-state index contributed by atoms with van der Waals surface area (Å²) in [5, 5.41) is 7.79. The molecule has 0 unspecified atom stereocenters. The van der Waals surface area contributed by atoms with Gasteiger partial charge in [0.2, 0.25) is 0 Å². The number of halogens is 3. The second-order valence-corrected chi connectivity index (χ2v) is 7.72. The van der Waals surface area contributed by atoms with Crippen molar-refractivity contribution < 1.29 is 32.2 Å². The summed E-state index contributed by atoms with van der Waals surface area (Å²) in [6.07, 6.45) is -4.83. The Hall–Kier alpha value is -3.31. The summed E-state index contributed by atoms with van der Waals surface area (Å²) >= 11 is 0. The zero-order valence-corrected chi connectivity index (χ0v) is 18.6. The highest BCUT2D eigenvalue weighted by Crippen LogP contribution is 2.29. The fraction of sp³-hybridized carbons (Fsp3) is 0.391. The highest BCUT2D eigenvalue weighted by atomic mass is 19.4. The van der Waals surface area contributed by atoms with E-state index in [1.807, 2.05) is 0 Å². The summed E-state index contributed by atoms with van der Waals surface area (Å²) in [5.74, 6) is -0.294. The molecule has 1 aromatic heterocycles. The van der Waals surface area contributed by atoms with Gasteiger partial charge < -0.3 is 19.5 Å². The average molecular weight is 478 g/mol. The largest absolute Gasteiger partial charge is 0.573 e. The van der Waals surface area contributed by atoms with Gasteiger partial charge in [-0.15, -0.1) is 13.2 Å². The first kappa shape index (κ1) is 23.8. The molecule has 1 aliphatic heterocycles. The SMILES string of the molecule is COc1cccc2c(C(=O)NCc3ccccc3OC(F)(F)F)nn(CCN3CCOCC3)c12. The van der Waals surface area contributed by atoms with Gasteiger partial charge in [-0.1, -0.05) is 30.3 Å². The zero-order valence-electron chi connectivity index (χ0n) is 18.6. The van der Waals surface area contributed by atoms with Crippen molar-refractivity contribution in [3.63, 3.8) is 0 Å². The quantitative estimate of drug-likeness (QED) is 0.536. The molecule has 0 spiro atoms. The molecule has 8 nitrogen and oxygen atoms in total. The van der Waals surface area contributed by atoms with E-state index in [1.165, 1.54) is 18.2 Å². The standard InChI is InChI=1S/C23H25F3N4O4/c1-32-19-8-4-6-17-20(28-30(21(17)19)10-9-29-11-13-33-14-12-29)22(31)27-15-16-5-2-3-7-18(16)34-23(24,25)26/h2-8H,9-15H2,1H3,(H,27,31). The normalized spacial score (nSPS) is 14.8. The number of methoxy groups -OCH3 is 1. The minimum atomic E-state index is -4.83. The minimum absolute atomic E-state index is 0.156. The minimum Gasteiger partial charge on any atom is -0.494 e. The number of amides is 1. The third-order valence-corrected chi connectivity index (χ3v) is 5.54. The molecule has 0 aliphatic carbocycles. The van der Waals surface area contributed by atoms with Crippen LogP contribution in [-0.2, 0) is 17.8 Å². The Labute approximate surface area is 194 Å². The van der Waals surface area contributed by atoms with Crippen molar-refractivity contribution in [3.05, 3.63) is 53.7 Å². The Morgan fingerprint density at radius 2 is 1.82 bits per heavy atom. The summed E-state index contributed by atoms with van der Waals surface area (Å²) in [6, 6.07) is 11.0. The summed E-state index contributed by atoms with van der Waals surface area (Å²) < 4.78 is 54.8. The number of carbonyl (C=O) groups excluding carboxylic acids is 1. The number of morpholine rings is 1. The number of rotatable bonds is 8. The van der Waals surface area contributed by atoms with Gasteiger partial charge in [-0.3, -0.25) is 14.4 Å². The molecule has 11 heteroatoms. The number of para-hydroxylation sites is 2. The number of ether oxygens (including phenoxy) is 3. The van der Waals surface area contributed by atoms with Gasteiger partial charge in [-0.25, -0.2) is 0 Å². The van der Waals surface area contributed by atoms with Crippen LogP contribution in [0.4, 0.5) is 13.2 Å². The highest BCUT2D eigenvalue weighted by Gasteiger charge is 2.32. The molecule has 2 aromatic carbocycles. The van der Waals surface area contributed by atoms with Crippen LogP contribution in [0.5, 0.6) is 11.5 Å². The molecule has 34 heavy (non-hydrogen) atoms. The Morgan fingerprint density at radius 1 is 1.09 bits per heavy atom. The van der Waals surface area contributed by atoms with Crippen molar-refractivity contribution in [2.75, 3.05) is 40.0 Å². The summed E-state index contributed by atoms with van der Waals surface area (Å²) in [6.45, 7) is 4.10. The summed E-state index contributed by atoms with van der Waals surface area (Å²) in [4.78, 5) is 15.3. The number of fused-ring (bicyclic) bond motifs is 1. The van der Waals surface area contributed by atoms with Crippen molar-refractivity contribution in [1.82, 2.24) is 20.0 Å². The first-order chi connectivity index (χ1) is 16.4. The van der Waals surface area contributed by atoms with Gasteiger partial charge in [0.05, 0.1) is 26.9 Å². The van der Waals surface area contributed by atoms with Crippen molar-refractivity contribution in [2.24, 2.45) is 0 Å². The number of benzene rings is 2. The Bertz CT molecular complexity index is 1140. The molecular weight excluding hydrogens is 453 g/mol. The van der Waals surface area contributed by atoms with Crippen LogP contribution >= 0.6 is 0 Å². The van der Waals surface area contributed by atoms with Crippen molar-refractivity contribution in [3.8, 4) is 11.5 Å². The van der Waals surface area contributed by atoms with Crippen LogP contribution < -0.4 is 14.8 Å². The first-order valence-corrected chi connectivity index (χ1v) is 10.8. The van der Waals surface area contributed by atoms with Gasteiger partial charge in [0, 0.05) is 37.1 Å². The number of alkyl halides is 3. The molecule has 4 rings (SSSR count). The van der Waals surface area contributed by atoms with E-state index in [4.69, 9.17) is 9.47 Å². The average Bonchev–Trinajstić information content (AvgIpc) is 3.21. The van der Waals surface area contributed by atoms with E-state index in [2.05, 4.69) is 20.1 Å². The molecule has 0 radical (unpaired) electrons. The zero-order chi connectivity index (χ0) is 24.1. The number of nitrogens with one attached hydrogen (secondary N) is 1. The molecule has 0 atom stereocenters. The van der Waals surface area contributed by atoms with Crippen molar-refractivity contribution in [2.45, 2.75) is 19.5 Å². The van der Waals surface area contributed by atoms with E-state index in [1.54, 1.807) is 36.1 Å². The molecule has 3 aromatic rings. The van der Waals surface area contributed by atoms with Crippen LogP contribution in [0, 0.1) is 0 Å². The maximum atomic E-state index is 13.0. The molecule has 182 valence electrons. The van der Waals surface area contributed by atoms with Crippen LogP contribution in [0.15, 0.2) is 42.5 Å². The smallest absolute Gasteiger partial charge is 0.494 e. The van der Waals surface area contributed by atoms with E-state index < -0.39 is 12.3 Å². The predicted molar refractivity (Wildman–Crippen MR) is 118 cm³/mol. The fourth-order valence-electron chi connectivity index (χ4n) is 3.89. The maximum Gasteiger partial charge on any atom is 0.573 e. The lowest BCUT2D eigenvalue weighted by Gasteiger charge is -2.26. The highest BCUT2D eigenvalue weighted by molar-refractivity contribution is 6.06. The van der Waals surface area contributed by atoms with Crippen LogP contribution in [-0.4, -0.2) is 66.9 Å². The summed E-state index contributed by atoms with van der Waals surface area (Å²) in [5.41, 5.74) is 1.05. The van der Waals surface area contributed by atoms with Crippen LogP contribution in [0.2, 0.25) is 0 Å². The summed E-state index contributed by atoms with van der Waals surface area (Å²) in [7, 11) is 1.55. The van der Waals surface area contributed by atoms with Gasteiger partial charge in [-0.05, 0) is 12.1 Å². The number of aromatic nitrogens is 2. The Balaban J connectivity index is 1.55. The molecule has 1 fully saturated rings. The monoisotopic (exact) mass is 478 g/mol. The lowest BCUT2D eigenvalue weighted by atomic mass is 10.1. The van der Waals surface area contributed by atoms with Crippen molar-refractivity contribution >= 4 is 16.8 Å². The van der Waals surface area contributed by atoms with E-state index in [0.717, 1.165) is 19.6 Å². The molecule has 2 heterocycles. The molecule has 1 N–H and O–H groups in total. The van der Waals surface area contributed by atoms with Crippen LogP contribution in [0.25, 0.3) is 10.9 Å². The van der Waals surface area contributed by atoms with Crippen LogP contribution in [0.3, 0.4) is 0 Å². The molecule has 0 saturated carbocycles. The molecule has 1 saturated heterocycles. The predicted octanol–water partition coefficient (Wildman–Crippen LogP) is 3.21. The lowest BCUT2D eigenvalue weighted by molar-refractivity contribution is -0.274. The Morgan fingerprint density at radius 3 is 2.56 bits per heavy atom. The number of hydrogen-bond donors (Lipinski definition) is 1. The van der Waals surface area contributed by atoms with E-state index >= 15 is 0 Å². The van der Waals surface area contributed by atoms with Gasteiger partial charge >= 0.3 is 6.36 Å². The number of nitrogens with zero attached hydrogens (tertiary/aromatic N) is 3. The number of carbonyl (C=O) groups is 1. The topological polar surface area (TPSA) is 77.8 Å². The second-order valence-electron chi connectivity index (χ2n) is 7.72. The molecule has 1 aliphatic rings. The number of hydrogen-bond acceptors (Lipinski definition) is 6. The third-order valence-electron chi connectivity index (χ3n) is 5.54. The molecule has 1 amide bonds. The van der Waals surface area contributed by atoms with Gasteiger partial charge in [-0.2, -0.15) is 5.10 Å². The lowest BCUT2D eigenvalue weighted by Crippen LogP contribution is -2.38. The molecular formula is C23H25F3N4O4.